The number of carbonyl (C=O) groups is 1. The molecule has 5 heteroatoms. The molecule has 2 aromatic carbocycles. The van der Waals surface area contributed by atoms with Crippen LogP contribution in [0, 0.1) is 0 Å². The van der Waals surface area contributed by atoms with Crippen molar-refractivity contribution in [3.63, 3.8) is 0 Å². The van der Waals surface area contributed by atoms with Crippen LogP contribution in [0.5, 0.6) is 5.88 Å². The molecule has 1 heterocycles. The van der Waals surface area contributed by atoms with E-state index in [0.29, 0.717) is 12.8 Å². The maximum atomic E-state index is 12.4. The molecule has 0 atom stereocenters. The number of benzene rings is 2. The molecule has 0 aliphatic rings. The summed E-state index contributed by atoms with van der Waals surface area (Å²) >= 11 is 0. The fraction of sp³-hybridized carbons (Fsp3) is 0.105. The zero-order valence-corrected chi connectivity index (χ0v) is 13.0. The second-order valence-electron chi connectivity index (χ2n) is 5.27. The van der Waals surface area contributed by atoms with Crippen molar-refractivity contribution < 1.29 is 9.53 Å². The Bertz CT molecular complexity index is 874. The summed E-state index contributed by atoms with van der Waals surface area (Å²) in [5, 5.41) is 0. The Morgan fingerprint density at radius 3 is 2.21 bits per heavy atom. The third-order valence-electron chi connectivity index (χ3n) is 3.57. The number of aldehydes is 1. The molecular formula is C19H16N2O3. The largest absolute Gasteiger partial charge is 0.472 e. The molecule has 0 spiro atoms. The van der Waals surface area contributed by atoms with E-state index in [1.807, 2.05) is 60.7 Å². The van der Waals surface area contributed by atoms with Gasteiger partial charge in [-0.25, -0.2) is 4.98 Å². The van der Waals surface area contributed by atoms with E-state index < -0.39 is 5.56 Å². The van der Waals surface area contributed by atoms with Crippen molar-refractivity contribution in [1.82, 2.24) is 9.55 Å². The van der Waals surface area contributed by atoms with E-state index in [1.54, 1.807) is 0 Å². The summed E-state index contributed by atoms with van der Waals surface area (Å²) in [4.78, 5) is 27.9. The van der Waals surface area contributed by atoms with Gasteiger partial charge in [0.25, 0.3) is 5.56 Å². The molecule has 0 fully saturated rings. The van der Waals surface area contributed by atoms with Crippen molar-refractivity contribution in [2.24, 2.45) is 0 Å². The quantitative estimate of drug-likeness (QED) is 0.655. The fourth-order valence-electron chi connectivity index (χ4n) is 2.32. The minimum absolute atomic E-state index is 0.0585. The summed E-state index contributed by atoms with van der Waals surface area (Å²) in [6.07, 6.45) is 1.90. The second-order valence-corrected chi connectivity index (χ2v) is 5.27. The monoisotopic (exact) mass is 320 g/mol. The van der Waals surface area contributed by atoms with Crippen LogP contribution in [-0.4, -0.2) is 15.8 Å². The van der Waals surface area contributed by atoms with Gasteiger partial charge in [-0.2, -0.15) is 0 Å². The van der Waals surface area contributed by atoms with Crippen molar-refractivity contribution in [3.05, 3.63) is 94.0 Å². The SMILES string of the molecule is O=Cc1c(OCc2ccccc2)ncn(Cc2ccccc2)c1=O. The summed E-state index contributed by atoms with van der Waals surface area (Å²) in [6, 6.07) is 19.0. The van der Waals surface area contributed by atoms with Gasteiger partial charge in [-0.05, 0) is 11.1 Å². The zero-order valence-electron chi connectivity index (χ0n) is 13.0. The highest BCUT2D eigenvalue weighted by atomic mass is 16.5. The summed E-state index contributed by atoms with van der Waals surface area (Å²) < 4.78 is 6.94. The third kappa shape index (κ3) is 3.57. The van der Waals surface area contributed by atoms with Crippen molar-refractivity contribution in [1.29, 1.82) is 0 Å². The summed E-state index contributed by atoms with van der Waals surface area (Å²) in [7, 11) is 0. The predicted molar refractivity (Wildman–Crippen MR) is 90.2 cm³/mol. The normalized spacial score (nSPS) is 10.3. The molecule has 0 amide bonds. The van der Waals surface area contributed by atoms with Crippen LogP contribution in [0.15, 0.2) is 71.8 Å². The summed E-state index contributed by atoms with van der Waals surface area (Å²) in [5.74, 6) is 0.0585. The van der Waals surface area contributed by atoms with Crippen LogP contribution in [0.3, 0.4) is 0 Å². The number of hydrogen-bond acceptors (Lipinski definition) is 4. The number of aromatic nitrogens is 2. The zero-order chi connectivity index (χ0) is 16.8. The minimum Gasteiger partial charge on any atom is -0.472 e. The topological polar surface area (TPSA) is 61.2 Å². The van der Waals surface area contributed by atoms with E-state index in [2.05, 4.69) is 4.98 Å². The van der Waals surface area contributed by atoms with Gasteiger partial charge in [0.1, 0.15) is 18.5 Å². The molecule has 0 bridgehead atoms. The number of rotatable bonds is 6. The van der Waals surface area contributed by atoms with Crippen molar-refractivity contribution in [2.75, 3.05) is 0 Å². The van der Waals surface area contributed by atoms with Crippen LogP contribution in [0.1, 0.15) is 21.5 Å². The van der Waals surface area contributed by atoms with Crippen LogP contribution in [0.25, 0.3) is 0 Å². The molecule has 3 rings (SSSR count). The van der Waals surface area contributed by atoms with Crippen LogP contribution in [0.2, 0.25) is 0 Å². The molecule has 0 aliphatic heterocycles. The molecule has 0 aliphatic carbocycles. The first-order valence-corrected chi connectivity index (χ1v) is 7.53. The average Bonchev–Trinajstić information content (AvgIpc) is 2.64. The number of nitrogens with zero attached hydrogens (tertiary/aromatic N) is 2. The van der Waals surface area contributed by atoms with Gasteiger partial charge < -0.3 is 4.74 Å². The van der Waals surface area contributed by atoms with E-state index in [9.17, 15) is 9.59 Å². The Hall–Kier alpha value is -3.21. The molecule has 5 nitrogen and oxygen atoms in total. The van der Waals surface area contributed by atoms with Crippen LogP contribution >= 0.6 is 0 Å². The van der Waals surface area contributed by atoms with E-state index in [-0.39, 0.29) is 18.1 Å². The van der Waals surface area contributed by atoms with E-state index in [1.165, 1.54) is 10.9 Å². The van der Waals surface area contributed by atoms with Crippen LogP contribution in [-0.2, 0) is 13.2 Å². The Labute approximate surface area is 139 Å². The molecule has 0 saturated heterocycles. The molecule has 0 N–H and O–H groups in total. The standard InChI is InChI=1S/C19H16N2O3/c22-12-17-18(24-13-16-9-5-2-6-10-16)20-14-21(19(17)23)11-15-7-3-1-4-8-15/h1-10,12,14H,11,13H2. The van der Waals surface area contributed by atoms with Crippen molar-refractivity contribution in [3.8, 4) is 5.88 Å². The van der Waals surface area contributed by atoms with Gasteiger partial charge in [0.15, 0.2) is 6.29 Å². The molecule has 0 unspecified atom stereocenters. The Morgan fingerprint density at radius 2 is 1.58 bits per heavy atom. The first kappa shape index (κ1) is 15.7. The first-order valence-electron chi connectivity index (χ1n) is 7.53. The molecular weight excluding hydrogens is 304 g/mol. The van der Waals surface area contributed by atoms with Gasteiger partial charge in [0, 0.05) is 0 Å². The predicted octanol–water partition coefficient (Wildman–Crippen LogP) is 2.68. The number of hydrogen-bond donors (Lipinski definition) is 0. The lowest BCUT2D eigenvalue weighted by atomic mass is 10.2. The van der Waals surface area contributed by atoms with Gasteiger partial charge in [0.05, 0.1) is 6.54 Å². The highest BCUT2D eigenvalue weighted by Crippen LogP contribution is 2.11. The van der Waals surface area contributed by atoms with Crippen molar-refractivity contribution >= 4 is 6.29 Å². The molecule has 24 heavy (non-hydrogen) atoms. The molecule has 3 aromatic rings. The lowest BCUT2D eigenvalue weighted by Crippen LogP contribution is -2.25. The maximum Gasteiger partial charge on any atom is 0.268 e. The summed E-state index contributed by atoms with van der Waals surface area (Å²) in [6.45, 7) is 0.600. The lowest BCUT2D eigenvalue weighted by molar-refractivity contribution is 0.111. The molecule has 0 radical (unpaired) electrons. The Kier molecular flexibility index (Phi) is 4.81. The van der Waals surface area contributed by atoms with Gasteiger partial charge in [-0.1, -0.05) is 60.7 Å². The molecule has 0 saturated carbocycles. The Balaban J connectivity index is 1.83. The average molecular weight is 320 g/mol. The van der Waals surface area contributed by atoms with Gasteiger partial charge in [-0.3, -0.25) is 14.2 Å². The minimum atomic E-state index is -0.410. The highest BCUT2D eigenvalue weighted by molar-refractivity contribution is 5.77. The van der Waals surface area contributed by atoms with E-state index in [0.717, 1.165) is 11.1 Å². The summed E-state index contributed by atoms with van der Waals surface area (Å²) in [5.41, 5.74) is 1.41. The van der Waals surface area contributed by atoms with Gasteiger partial charge >= 0.3 is 0 Å². The van der Waals surface area contributed by atoms with E-state index >= 15 is 0 Å². The molecule has 1 aromatic heterocycles. The van der Waals surface area contributed by atoms with Crippen LogP contribution < -0.4 is 10.3 Å². The maximum absolute atomic E-state index is 12.4. The molecule has 120 valence electrons. The van der Waals surface area contributed by atoms with Gasteiger partial charge in [-0.15, -0.1) is 0 Å². The number of ether oxygens (including phenoxy) is 1. The lowest BCUT2D eigenvalue weighted by Gasteiger charge is -2.10. The smallest absolute Gasteiger partial charge is 0.268 e. The second kappa shape index (κ2) is 7.37. The first-order chi connectivity index (χ1) is 11.8. The van der Waals surface area contributed by atoms with Crippen LogP contribution in [0.4, 0.5) is 0 Å². The third-order valence-corrected chi connectivity index (χ3v) is 3.57. The van der Waals surface area contributed by atoms with Crippen molar-refractivity contribution in [2.45, 2.75) is 13.2 Å². The highest BCUT2D eigenvalue weighted by Gasteiger charge is 2.13. The van der Waals surface area contributed by atoms with Gasteiger partial charge in [0.2, 0.25) is 5.88 Å². The fourth-order valence-corrected chi connectivity index (χ4v) is 2.32. The number of carbonyl (C=O) groups excluding carboxylic acids is 1. The Morgan fingerprint density at radius 1 is 0.958 bits per heavy atom. The van der Waals surface area contributed by atoms with E-state index in [4.69, 9.17) is 4.74 Å².